The maximum Gasteiger partial charge on any atom is 0.261 e. The van der Waals surface area contributed by atoms with Gasteiger partial charge in [0.2, 0.25) is 0 Å². The fraction of sp³-hybridized carbons (Fsp3) is 0.0769. The third-order valence-corrected chi connectivity index (χ3v) is 5.06. The van der Waals surface area contributed by atoms with Crippen molar-refractivity contribution in [1.29, 1.82) is 0 Å². The number of nitrogens with one attached hydrogen (secondary N) is 1. The number of anilines is 1. The molecule has 0 radical (unpaired) electrons. The smallest absolute Gasteiger partial charge is 0.261 e. The molecule has 2 aromatic carbocycles. The fourth-order valence-corrected chi connectivity index (χ4v) is 3.56. The molecule has 0 fully saturated rings. The van der Waals surface area contributed by atoms with Crippen LogP contribution in [0.3, 0.4) is 0 Å². The molecule has 20 heavy (non-hydrogen) atoms. The third kappa shape index (κ3) is 3.82. The molecule has 2 aromatic rings. The zero-order valence-electron chi connectivity index (χ0n) is 10.4. The second-order valence-electron chi connectivity index (χ2n) is 3.94. The third-order valence-electron chi connectivity index (χ3n) is 2.48. The number of thioether (sulfide) groups is 1. The van der Waals surface area contributed by atoms with Gasteiger partial charge in [0.1, 0.15) is 0 Å². The first-order valence-electron chi connectivity index (χ1n) is 5.54. The Bertz CT molecular complexity index is 695. The minimum Gasteiger partial charge on any atom is -0.280 e. The molecule has 0 aliphatic rings. The number of hydrogen-bond acceptors (Lipinski definition) is 3. The Morgan fingerprint density at radius 3 is 2.05 bits per heavy atom. The van der Waals surface area contributed by atoms with E-state index in [1.165, 1.54) is 18.2 Å². The van der Waals surface area contributed by atoms with E-state index in [2.05, 4.69) is 4.72 Å². The van der Waals surface area contributed by atoms with Gasteiger partial charge in [-0.1, -0.05) is 23.2 Å². The van der Waals surface area contributed by atoms with Crippen LogP contribution in [0.1, 0.15) is 0 Å². The Kier molecular flexibility index (Phi) is 4.86. The van der Waals surface area contributed by atoms with E-state index in [4.69, 9.17) is 23.2 Å². The second-order valence-corrected chi connectivity index (χ2v) is 7.37. The van der Waals surface area contributed by atoms with Gasteiger partial charge in [-0.05, 0) is 48.7 Å². The first-order chi connectivity index (χ1) is 9.40. The summed E-state index contributed by atoms with van der Waals surface area (Å²) in [5.74, 6) is 0. The summed E-state index contributed by atoms with van der Waals surface area (Å²) in [6, 6.07) is 11.2. The molecule has 0 amide bonds. The second kappa shape index (κ2) is 6.26. The van der Waals surface area contributed by atoms with E-state index in [0.717, 1.165) is 4.90 Å². The number of rotatable bonds is 4. The van der Waals surface area contributed by atoms with Crippen LogP contribution in [0.15, 0.2) is 52.3 Å². The molecular formula is C13H11Cl2NO2S2. The van der Waals surface area contributed by atoms with Crippen LogP contribution in [0, 0.1) is 0 Å². The summed E-state index contributed by atoms with van der Waals surface area (Å²) in [7, 11) is -3.65. The lowest BCUT2D eigenvalue weighted by molar-refractivity contribution is 0.601. The van der Waals surface area contributed by atoms with Gasteiger partial charge in [-0.3, -0.25) is 4.72 Å². The summed E-state index contributed by atoms with van der Waals surface area (Å²) < 4.78 is 26.9. The van der Waals surface area contributed by atoms with Crippen LogP contribution in [-0.4, -0.2) is 14.7 Å². The number of halogens is 2. The molecule has 0 aliphatic heterocycles. The van der Waals surface area contributed by atoms with E-state index in [-0.39, 0.29) is 4.90 Å². The molecule has 106 valence electrons. The molecule has 0 unspecified atom stereocenters. The summed E-state index contributed by atoms with van der Waals surface area (Å²) in [5, 5.41) is 0.737. The first-order valence-corrected chi connectivity index (χ1v) is 9.00. The van der Waals surface area contributed by atoms with Crippen molar-refractivity contribution in [2.45, 2.75) is 9.79 Å². The number of benzene rings is 2. The quantitative estimate of drug-likeness (QED) is 0.827. The standard InChI is InChI=1S/C13H11Cl2NO2S2/c1-19-12-2-4-13(5-3-12)20(17,18)16-11-7-9(14)6-10(15)8-11/h2-8,16H,1H3. The van der Waals surface area contributed by atoms with E-state index in [0.29, 0.717) is 15.7 Å². The molecule has 7 heteroatoms. The Morgan fingerprint density at radius 1 is 1.00 bits per heavy atom. The average Bonchev–Trinajstić information content (AvgIpc) is 2.37. The van der Waals surface area contributed by atoms with Gasteiger partial charge in [0.25, 0.3) is 10.0 Å². The molecular weight excluding hydrogens is 337 g/mol. The van der Waals surface area contributed by atoms with Crippen LogP contribution in [0.25, 0.3) is 0 Å². The molecule has 0 spiro atoms. The highest BCUT2D eigenvalue weighted by molar-refractivity contribution is 7.98. The Hall–Kier alpha value is -0.880. The average molecular weight is 348 g/mol. The fourth-order valence-electron chi connectivity index (χ4n) is 1.58. The van der Waals surface area contributed by atoms with Gasteiger partial charge in [0, 0.05) is 14.9 Å². The largest absolute Gasteiger partial charge is 0.280 e. The number of hydrogen-bond donors (Lipinski definition) is 1. The monoisotopic (exact) mass is 347 g/mol. The van der Waals surface area contributed by atoms with Crippen molar-refractivity contribution in [1.82, 2.24) is 0 Å². The molecule has 2 rings (SSSR count). The van der Waals surface area contributed by atoms with E-state index in [9.17, 15) is 8.42 Å². The van der Waals surface area contributed by atoms with E-state index >= 15 is 0 Å². The number of sulfonamides is 1. The predicted molar refractivity (Wildman–Crippen MR) is 85.5 cm³/mol. The van der Waals surface area contributed by atoms with E-state index < -0.39 is 10.0 Å². The van der Waals surface area contributed by atoms with Crippen LogP contribution in [-0.2, 0) is 10.0 Å². The molecule has 0 bridgehead atoms. The van der Waals surface area contributed by atoms with Gasteiger partial charge in [-0.25, -0.2) is 8.42 Å². The summed E-state index contributed by atoms with van der Waals surface area (Å²) >= 11 is 13.2. The maximum atomic E-state index is 12.2. The van der Waals surface area contributed by atoms with Crippen LogP contribution >= 0.6 is 35.0 Å². The van der Waals surface area contributed by atoms with Crippen molar-refractivity contribution in [3.63, 3.8) is 0 Å². The Morgan fingerprint density at radius 2 is 1.55 bits per heavy atom. The van der Waals surface area contributed by atoms with Crippen molar-refractivity contribution in [2.75, 3.05) is 11.0 Å². The Labute approximate surface area is 132 Å². The molecule has 0 saturated carbocycles. The van der Waals surface area contributed by atoms with Gasteiger partial charge in [-0.15, -0.1) is 11.8 Å². The van der Waals surface area contributed by atoms with E-state index in [1.807, 2.05) is 6.26 Å². The summed E-state index contributed by atoms with van der Waals surface area (Å²) in [6.07, 6.45) is 1.93. The zero-order chi connectivity index (χ0) is 14.8. The van der Waals surface area contributed by atoms with Crippen molar-refractivity contribution in [3.8, 4) is 0 Å². The van der Waals surface area contributed by atoms with Crippen LogP contribution < -0.4 is 4.72 Å². The van der Waals surface area contributed by atoms with Crippen LogP contribution in [0.2, 0.25) is 10.0 Å². The van der Waals surface area contributed by atoms with Gasteiger partial charge in [0.05, 0.1) is 10.6 Å². The lowest BCUT2D eigenvalue weighted by Crippen LogP contribution is -2.12. The van der Waals surface area contributed by atoms with Gasteiger partial charge >= 0.3 is 0 Å². The topological polar surface area (TPSA) is 46.2 Å². The Balaban J connectivity index is 2.30. The van der Waals surface area contributed by atoms with Crippen LogP contribution in [0.5, 0.6) is 0 Å². The van der Waals surface area contributed by atoms with Crippen molar-refractivity contribution in [3.05, 3.63) is 52.5 Å². The van der Waals surface area contributed by atoms with E-state index in [1.54, 1.807) is 36.0 Å². The zero-order valence-corrected chi connectivity index (χ0v) is 13.6. The molecule has 0 aromatic heterocycles. The first kappa shape index (κ1) is 15.5. The highest BCUT2D eigenvalue weighted by Crippen LogP contribution is 2.25. The highest BCUT2D eigenvalue weighted by Gasteiger charge is 2.14. The molecule has 0 saturated heterocycles. The normalized spacial score (nSPS) is 11.3. The molecule has 0 heterocycles. The van der Waals surface area contributed by atoms with Gasteiger partial charge in [-0.2, -0.15) is 0 Å². The van der Waals surface area contributed by atoms with Crippen LogP contribution in [0.4, 0.5) is 5.69 Å². The van der Waals surface area contributed by atoms with Gasteiger partial charge in [0.15, 0.2) is 0 Å². The highest BCUT2D eigenvalue weighted by atomic mass is 35.5. The SMILES string of the molecule is CSc1ccc(S(=O)(=O)Nc2cc(Cl)cc(Cl)c2)cc1. The van der Waals surface area contributed by atoms with Crippen molar-refractivity contribution < 1.29 is 8.42 Å². The maximum absolute atomic E-state index is 12.2. The summed E-state index contributed by atoms with van der Waals surface area (Å²) in [4.78, 5) is 1.18. The molecule has 1 N–H and O–H groups in total. The molecule has 3 nitrogen and oxygen atoms in total. The van der Waals surface area contributed by atoms with Gasteiger partial charge < -0.3 is 0 Å². The lowest BCUT2D eigenvalue weighted by Gasteiger charge is -2.09. The molecule has 0 aliphatic carbocycles. The molecule has 0 atom stereocenters. The lowest BCUT2D eigenvalue weighted by atomic mass is 10.3. The predicted octanol–water partition coefficient (Wildman–Crippen LogP) is 4.52. The van der Waals surface area contributed by atoms with Crippen molar-refractivity contribution >= 4 is 50.7 Å². The minimum atomic E-state index is -3.65. The summed E-state index contributed by atoms with van der Waals surface area (Å²) in [6.45, 7) is 0. The summed E-state index contributed by atoms with van der Waals surface area (Å²) in [5.41, 5.74) is 0.330. The van der Waals surface area contributed by atoms with Crippen molar-refractivity contribution in [2.24, 2.45) is 0 Å². The minimum absolute atomic E-state index is 0.186.